The summed E-state index contributed by atoms with van der Waals surface area (Å²) in [6.07, 6.45) is 5.07. The Morgan fingerprint density at radius 2 is 1.97 bits per heavy atom. The highest BCUT2D eigenvalue weighted by molar-refractivity contribution is 7.18. The number of carbonyl (C=O) groups excluding carboxylic acids is 1. The van der Waals surface area contributed by atoms with Crippen LogP contribution in [0.5, 0.6) is 0 Å². The van der Waals surface area contributed by atoms with Gasteiger partial charge >= 0.3 is 0 Å². The molecule has 0 saturated carbocycles. The fraction of sp³-hybridized carbons (Fsp3) is 0.348. The van der Waals surface area contributed by atoms with Gasteiger partial charge in [0, 0.05) is 36.3 Å². The minimum atomic E-state index is -0.0285. The van der Waals surface area contributed by atoms with Gasteiger partial charge in [0.1, 0.15) is 17.0 Å². The summed E-state index contributed by atoms with van der Waals surface area (Å²) in [6, 6.07) is 5.78. The van der Waals surface area contributed by atoms with E-state index in [4.69, 9.17) is 23.2 Å². The number of carbonyl (C=O) groups is 1. The Bertz CT molecular complexity index is 1140. The highest BCUT2D eigenvalue weighted by atomic mass is 35.5. The van der Waals surface area contributed by atoms with Crippen LogP contribution in [0, 0.1) is 6.92 Å². The van der Waals surface area contributed by atoms with Crippen LogP contribution in [0.1, 0.15) is 24.3 Å². The van der Waals surface area contributed by atoms with Crippen LogP contribution in [0.25, 0.3) is 10.2 Å². The van der Waals surface area contributed by atoms with Gasteiger partial charge in [-0.3, -0.25) is 4.79 Å². The van der Waals surface area contributed by atoms with Crippen LogP contribution in [0.3, 0.4) is 0 Å². The number of likely N-dealkylation sites (N-methyl/N-ethyl adjacent to an activating group) is 2. The highest BCUT2D eigenvalue weighted by Crippen LogP contribution is 2.35. The molecule has 0 fully saturated rings. The number of nitrogens with zero attached hydrogens (tertiary/aromatic N) is 4. The number of thiophene rings is 1. The number of hydrogen-bond donors (Lipinski definition) is 1. The molecular formula is C23H27Cl2N5OS. The predicted octanol–water partition coefficient (Wildman–Crippen LogP) is 5.90. The first kappa shape index (κ1) is 24.5. The first-order valence-corrected chi connectivity index (χ1v) is 11.8. The zero-order valence-corrected chi connectivity index (χ0v) is 21.1. The molecule has 3 rings (SSSR count). The van der Waals surface area contributed by atoms with E-state index >= 15 is 0 Å². The molecule has 0 saturated heterocycles. The van der Waals surface area contributed by atoms with Gasteiger partial charge in [-0.15, -0.1) is 11.3 Å². The van der Waals surface area contributed by atoms with E-state index < -0.39 is 0 Å². The third kappa shape index (κ3) is 5.78. The predicted molar refractivity (Wildman–Crippen MR) is 135 cm³/mol. The first-order valence-electron chi connectivity index (χ1n) is 10.2. The van der Waals surface area contributed by atoms with Crippen molar-refractivity contribution in [2.75, 3.05) is 26.0 Å². The van der Waals surface area contributed by atoms with Crippen LogP contribution in [0.2, 0.25) is 10.0 Å². The molecule has 32 heavy (non-hydrogen) atoms. The van der Waals surface area contributed by atoms with E-state index in [-0.39, 0.29) is 5.91 Å². The van der Waals surface area contributed by atoms with Crippen molar-refractivity contribution in [3.63, 3.8) is 0 Å². The smallest absolute Gasteiger partial charge is 0.246 e. The summed E-state index contributed by atoms with van der Waals surface area (Å²) in [6.45, 7) is 7.52. The van der Waals surface area contributed by atoms with Crippen molar-refractivity contribution >= 4 is 62.2 Å². The summed E-state index contributed by atoms with van der Waals surface area (Å²) >= 11 is 13.7. The molecule has 1 amide bonds. The number of rotatable bonds is 8. The molecule has 1 aromatic carbocycles. The topological polar surface area (TPSA) is 61.4 Å². The summed E-state index contributed by atoms with van der Waals surface area (Å²) in [7, 11) is 3.84. The molecule has 6 nitrogen and oxygen atoms in total. The van der Waals surface area contributed by atoms with Crippen molar-refractivity contribution in [1.82, 2.24) is 19.8 Å². The molecule has 2 aromatic heterocycles. The molecule has 0 bridgehead atoms. The van der Waals surface area contributed by atoms with Gasteiger partial charge in [-0.1, -0.05) is 29.3 Å². The van der Waals surface area contributed by atoms with E-state index in [0.717, 1.165) is 32.9 Å². The van der Waals surface area contributed by atoms with E-state index in [9.17, 15) is 4.79 Å². The maximum absolute atomic E-state index is 12.6. The van der Waals surface area contributed by atoms with Crippen LogP contribution in [-0.4, -0.2) is 52.4 Å². The lowest BCUT2D eigenvalue weighted by atomic mass is 10.2. The lowest BCUT2D eigenvalue weighted by Gasteiger charge is -2.19. The SMILES string of the molecule is Cc1c(CN(C)C(=O)/C=C/CN(C)C(C)C)sc2ncnc(Nc3ccc(Cl)c(Cl)c3)c12. The van der Waals surface area contributed by atoms with Crippen molar-refractivity contribution in [3.05, 3.63) is 57.2 Å². The maximum Gasteiger partial charge on any atom is 0.246 e. The van der Waals surface area contributed by atoms with Crippen LogP contribution >= 0.6 is 34.5 Å². The van der Waals surface area contributed by atoms with Gasteiger partial charge in [-0.05, 0) is 51.6 Å². The molecule has 0 spiro atoms. The summed E-state index contributed by atoms with van der Waals surface area (Å²) in [5.41, 5.74) is 1.84. The van der Waals surface area contributed by atoms with Gasteiger partial charge in [0.15, 0.2) is 0 Å². The Hall–Kier alpha value is -2.19. The zero-order valence-electron chi connectivity index (χ0n) is 18.8. The summed E-state index contributed by atoms with van der Waals surface area (Å²) in [4.78, 5) is 27.2. The number of hydrogen-bond acceptors (Lipinski definition) is 6. The average Bonchev–Trinajstić information content (AvgIpc) is 3.06. The van der Waals surface area contributed by atoms with E-state index in [0.29, 0.717) is 28.4 Å². The molecule has 0 radical (unpaired) electrons. The van der Waals surface area contributed by atoms with Crippen LogP contribution in [-0.2, 0) is 11.3 Å². The molecule has 0 unspecified atom stereocenters. The van der Waals surface area contributed by atoms with Gasteiger partial charge in [-0.2, -0.15) is 0 Å². The fourth-order valence-electron chi connectivity index (χ4n) is 3.02. The van der Waals surface area contributed by atoms with Crippen molar-refractivity contribution in [2.24, 2.45) is 0 Å². The van der Waals surface area contributed by atoms with Crippen LogP contribution in [0.4, 0.5) is 11.5 Å². The quantitative estimate of drug-likeness (QED) is 0.397. The second-order valence-corrected chi connectivity index (χ2v) is 9.83. The van der Waals surface area contributed by atoms with E-state index in [2.05, 4.69) is 34.0 Å². The van der Waals surface area contributed by atoms with Crippen molar-refractivity contribution < 1.29 is 4.79 Å². The van der Waals surface area contributed by atoms with Crippen LogP contribution in [0.15, 0.2) is 36.7 Å². The van der Waals surface area contributed by atoms with Crippen molar-refractivity contribution in [3.8, 4) is 0 Å². The second-order valence-electron chi connectivity index (χ2n) is 7.94. The molecule has 3 aromatic rings. The van der Waals surface area contributed by atoms with Gasteiger partial charge in [0.25, 0.3) is 0 Å². The average molecular weight is 492 g/mol. The Kier molecular flexibility index (Phi) is 8.11. The molecule has 1 N–H and O–H groups in total. The second kappa shape index (κ2) is 10.6. The monoisotopic (exact) mass is 491 g/mol. The number of nitrogens with one attached hydrogen (secondary N) is 1. The third-order valence-corrected chi connectivity index (χ3v) is 7.22. The number of fused-ring (bicyclic) bond motifs is 1. The van der Waals surface area contributed by atoms with E-state index in [1.54, 1.807) is 34.4 Å². The summed E-state index contributed by atoms with van der Waals surface area (Å²) in [5.74, 6) is 0.665. The molecule has 9 heteroatoms. The van der Waals surface area contributed by atoms with Gasteiger partial charge in [-0.25, -0.2) is 9.97 Å². The number of anilines is 2. The Morgan fingerprint density at radius 3 is 2.66 bits per heavy atom. The first-order chi connectivity index (χ1) is 15.2. The number of aryl methyl sites for hydroxylation is 1. The summed E-state index contributed by atoms with van der Waals surface area (Å²) < 4.78 is 0. The van der Waals surface area contributed by atoms with E-state index in [1.165, 1.54) is 6.33 Å². The lowest BCUT2D eigenvalue weighted by Crippen LogP contribution is -2.27. The third-order valence-electron chi connectivity index (χ3n) is 5.30. The molecule has 0 aliphatic carbocycles. The lowest BCUT2D eigenvalue weighted by molar-refractivity contribution is -0.125. The summed E-state index contributed by atoms with van der Waals surface area (Å²) in [5, 5.41) is 5.21. The minimum Gasteiger partial charge on any atom is -0.340 e. The Labute approximate surface area is 202 Å². The van der Waals surface area contributed by atoms with Crippen molar-refractivity contribution in [1.29, 1.82) is 0 Å². The fourth-order valence-corrected chi connectivity index (χ4v) is 4.52. The minimum absolute atomic E-state index is 0.0285. The molecule has 0 aliphatic heterocycles. The largest absolute Gasteiger partial charge is 0.340 e. The normalized spacial score (nSPS) is 11.8. The van der Waals surface area contributed by atoms with Crippen LogP contribution < -0.4 is 5.32 Å². The number of amides is 1. The molecular weight excluding hydrogens is 465 g/mol. The number of halogens is 2. The Morgan fingerprint density at radius 1 is 1.22 bits per heavy atom. The standard InChI is InChI=1S/C23H27Cl2N5OS/c1-14(2)29(4)10-6-7-20(31)30(5)12-19-15(3)21-22(26-13-27-23(21)32-19)28-16-8-9-17(24)18(25)11-16/h6-9,11,13-14H,10,12H2,1-5H3,(H,26,27,28)/b7-6+. The van der Waals surface area contributed by atoms with Gasteiger partial charge in [0.05, 0.1) is 22.0 Å². The molecule has 0 atom stereocenters. The molecule has 170 valence electrons. The van der Waals surface area contributed by atoms with Crippen molar-refractivity contribution in [2.45, 2.75) is 33.4 Å². The molecule has 2 heterocycles. The van der Waals surface area contributed by atoms with Gasteiger partial charge < -0.3 is 15.1 Å². The zero-order chi connectivity index (χ0) is 23.4. The molecule has 0 aliphatic rings. The number of aromatic nitrogens is 2. The van der Waals surface area contributed by atoms with Gasteiger partial charge in [0.2, 0.25) is 5.91 Å². The van der Waals surface area contributed by atoms with E-state index in [1.807, 2.05) is 33.2 Å². The number of benzene rings is 1. The maximum atomic E-state index is 12.6. The Balaban J connectivity index is 1.78. The highest BCUT2D eigenvalue weighted by Gasteiger charge is 2.17.